The molecule has 0 aliphatic rings. The van der Waals surface area contributed by atoms with Crippen LogP contribution in [-0.2, 0) is 16.6 Å². The Kier molecular flexibility index (Phi) is 7.39. The fourth-order valence-electron chi connectivity index (χ4n) is 1.87. The van der Waals surface area contributed by atoms with Crippen molar-refractivity contribution in [2.75, 3.05) is 20.1 Å². The van der Waals surface area contributed by atoms with Crippen molar-refractivity contribution in [3.8, 4) is 0 Å². The standard InChI is InChI=1S/C15H23ClN2O2S/c1-4-6-7-10-18(3)21(19,20)14-8-9-15(16)13(11-14)12-17-5-2/h4,8-9,11,17H,1,5-7,10,12H2,2-3H3. The second-order valence-corrected chi connectivity index (χ2v) is 7.24. The van der Waals surface area contributed by atoms with Crippen LogP contribution in [0, 0.1) is 0 Å². The van der Waals surface area contributed by atoms with E-state index in [9.17, 15) is 8.42 Å². The molecule has 0 aliphatic carbocycles. The Hall–Kier alpha value is -0.880. The Labute approximate surface area is 132 Å². The van der Waals surface area contributed by atoms with Gasteiger partial charge in [0, 0.05) is 25.2 Å². The summed E-state index contributed by atoms with van der Waals surface area (Å²) in [6, 6.07) is 4.83. The van der Waals surface area contributed by atoms with E-state index in [0.717, 1.165) is 24.9 Å². The molecule has 0 atom stereocenters. The predicted molar refractivity (Wildman–Crippen MR) is 88.1 cm³/mol. The van der Waals surface area contributed by atoms with Crippen LogP contribution < -0.4 is 5.32 Å². The topological polar surface area (TPSA) is 49.4 Å². The van der Waals surface area contributed by atoms with Gasteiger partial charge in [-0.2, -0.15) is 0 Å². The SMILES string of the molecule is C=CCCCN(C)S(=O)(=O)c1ccc(Cl)c(CNCC)c1. The minimum Gasteiger partial charge on any atom is -0.313 e. The normalized spacial score (nSPS) is 11.8. The fourth-order valence-corrected chi connectivity index (χ4v) is 3.31. The van der Waals surface area contributed by atoms with Crippen molar-refractivity contribution in [2.24, 2.45) is 0 Å². The zero-order chi connectivity index (χ0) is 15.9. The molecule has 118 valence electrons. The predicted octanol–water partition coefficient (Wildman–Crippen LogP) is 3.04. The molecule has 0 unspecified atom stereocenters. The second kappa shape index (κ2) is 8.54. The molecule has 0 radical (unpaired) electrons. The lowest BCUT2D eigenvalue weighted by Gasteiger charge is -2.17. The number of rotatable bonds is 9. The molecule has 6 heteroatoms. The molecule has 0 saturated carbocycles. The lowest BCUT2D eigenvalue weighted by Crippen LogP contribution is -2.28. The lowest BCUT2D eigenvalue weighted by atomic mass is 10.2. The number of benzene rings is 1. The Bertz CT molecular complexity index is 573. The molecule has 1 rings (SSSR count). The van der Waals surface area contributed by atoms with Crippen LogP contribution >= 0.6 is 11.6 Å². The second-order valence-electron chi connectivity index (χ2n) is 4.79. The monoisotopic (exact) mass is 330 g/mol. The van der Waals surface area contributed by atoms with Crippen LogP contribution in [0.5, 0.6) is 0 Å². The van der Waals surface area contributed by atoms with Crippen LogP contribution in [0.15, 0.2) is 35.7 Å². The number of halogens is 1. The molecule has 21 heavy (non-hydrogen) atoms. The molecule has 1 aromatic rings. The van der Waals surface area contributed by atoms with E-state index in [2.05, 4.69) is 11.9 Å². The third kappa shape index (κ3) is 5.11. The summed E-state index contributed by atoms with van der Waals surface area (Å²) in [7, 11) is -1.88. The highest BCUT2D eigenvalue weighted by Gasteiger charge is 2.21. The van der Waals surface area contributed by atoms with Crippen molar-refractivity contribution in [1.29, 1.82) is 0 Å². The molecule has 1 N–H and O–H groups in total. The summed E-state index contributed by atoms with van der Waals surface area (Å²) in [5.74, 6) is 0. The number of allylic oxidation sites excluding steroid dienone is 1. The maximum atomic E-state index is 12.5. The third-order valence-corrected chi connectivity index (χ3v) is 5.39. The van der Waals surface area contributed by atoms with Gasteiger partial charge in [0.15, 0.2) is 0 Å². The van der Waals surface area contributed by atoms with Crippen molar-refractivity contribution < 1.29 is 8.42 Å². The maximum absolute atomic E-state index is 12.5. The molecule has 0 saturated heterocycles. The van der Waals surface area contributed by atoms with Gasteiger partial charge in [0.25, 0.3) is 0 Å². The average molecular weight is 331 g/mol. The Morgan fingerprint density at radius 1 is 1.43 bits per heavy atom. The molecule has 0 bridgehead atoms. The minimum atomic E-state index is -3.47. The number of hydrogen-bond donors (Lipinski definition) is 1. The summed E-state index contributed by atoms with van der Waals surface area (Å²) < 4.78 is 26.4. The Morgan fingerprint density at radius 3 is 2.76 bits per heavy atom. The molecular weight excluding hydrogens is 308 g/mol. The Balaban J connectivity index is 2.94. The van der Waals surface area contributed by atoms with Crippen LogP contribution in [0.3, 0.4) is 0 Å². The van der Waals surface area contributed by atoms with E-state index in [1.807, 2.05) is 6.92 Å². The molecule has 0 amide bonds. The van der Waals surface area contributed by atoms with Gasteiger partial charge in [0.1, 0.15) is 0 Å². The number of nitrogens with one attached hydrogen (secondary N) is 1. The number of unbranched alkanes of at least 4 members (excludes halogenated alkanes) is 1. The van der Waals surface area contributed by atoms with E-state index in [4.69, 9.17) is 11.6 Å². The first-order chi connectivity index (χ1) is 9.93. The van der Waals surface area contributed by atoms with E-state index < -0.39 is 10.0 Å². The quantitative estimate of drug-likeness (QED) is 0.559. The van der Waals surface area contributed by atoms with Crippen LogP contribution in [0.1, 0.15) is 25.3 Å². The number of hydrogen-bond acceptors (Lipinski definition) is 3. The first kappa shape index (κ1) is 18.2. The van der Waals surface area contributed by atoms with E-state index in [0.29, 0.717) is 18.1 Å². The van der Waals surface area contributed by atoms with Crippen molar-refractivity contribution >= 4 is 21.6 Å². The molecule has 0 fully saturated rings. The van der Waals surface area contributed by atoms with E-state index >= 15 is 0 Å². The summed E-state index contributed by atoms with van der Waals surface area (Å²) >= 11 is 6.10. The highest BCUT2D eigenvalue weighted by atomic mass is 35.5. The van der Waals surface area contributed by atoms with Crippen LogP contribution in [-0.4, -0.2) is 32.9 Å². The van der Waals surface area contributed by atoms with E-state index in [1.54, 1.807) is 31.3 Å². The van der Waals surface area contributed by atoms with Crippen LogP contribution in [0.2, 0.25) is 5.02 Å². The summed E-state index contributed by atoms with van der Waals surface area (Å²) in [6.07, 6.45) is 3.35. The van der Waals surface area contributed by atoms with Gasteiger partial charge in [-0.1, -0.05) is 24.6 Å². The molecule has 0 spiro atoms. The molecule has 0 heterocycles. The average Bonchev–Trinajstić information content (AvgIpc) is 2.46. The van der Waals surface area contributed by atoms with Gasteiger partial charge in [-0.3, -0.25) is 0 Å². The highest BCUT2D eigenvalue weighted by molar-refractivity contribution is 7.89. The van der Waals surface area contributed by atoms with Gasteiger partial charge in [-0.05, 0) is 43.1 Å². The van der Waals surface area contributed by atoms with Crippen LogP contribution in [0.4, 0.5) is 0 Å². The van der Waals surface area contributed by atoms with Gasteiger partial charge in [0.05, 0.1) is 4.90 Å². The third-order valence-electron chi connectivity index (χ3n) is 3.17. The smallest absolute Gasteiger partial charge is 0.242 e. The first-order valence-corrected chi connectivity index (χ1v) is 8.81. The first-order valence-electron chi connectivity index (χ1n) is 6.99. The highest BCUT2D eigenvalue weighted by Crippen LogP contribution is 2.22. The molecule has 4 nitrogen and oxygen atoms in total. The zero-order valence-corrected chi connectivity index (χ0v) is 14.2. The van der Waals surface area contributed by atoms with Crippen LogP contribution in [0.25, 0.3) is 0 Å². The fraction of sp³-hybridized carbons (Fsp3) is 0.467. The van der Waals surface area contributed by atoms with Gasteiger partial charge in [-0.15, -0.1) is 6.58 Å². The lowest BCUT2D eigenvalue weighted by molar-refractivity contribution is 0.462. The van der Waals surface area contributed by atoms with Gasteiger partial charge in [-0.25, -0.2) is 12.7 Å². The number of nitrogens with zero attached hydrogens (tertiary/aromatic N) is 1. The maximum Gasteiger partial charge on any atom is 0.242 e. The van der Waals surface area contributed by atoms with Crippen molar-refractivity contribution in [3.05, 3.63) is 41.4 Å². The van der Waals surface area contributed by atoms with Gasteiger partial charge < -0.3 is 5.32 Å². The molecule has 0 aliphatic heterocycles. The van der Waals surface area contributed by atoms with E-state index in [-0.39, 0.29) is 4.90 Å². The van der Waals surface area contributed by atoms with Crippen molar-refractivity contribution in [3.63, 3.8) is 0 Å². The van der Waals surface area contributed by atoms with Gasteiger partial charge in [0.2, 0.25) is 10.0 Å². The molecule has 0 aromatic heterocycles. The van der Waals surface area contributed by atoms with Crippen molar-refractivity contribution in [1.82, 2.24) is 9.62 Å². The summed E-state index contributed by atoms with van der Waals surface area (Å²) in [5, 5.41) is 3.72. The minimum absolute atomic E-state index is 0.279. The Morgan fingerprint density at radius 2 is 2.14 bits per heavy atom. The molecule has 1 aromatic carbocycles. The van der Waals surface area contributed by atoms with Crippen molar-refractivity contribution in [2.45, 2.75) is 31.2 Å². The van der Waals surface area contributed by atoms with Gasteiger partial charge >= 0.3 is 0 Å². The summed E-state index contributed by atoms with van der Waals surface area (Å²) in [6.45, 7) is 7.45. The summed E-state index contributed by atoms with van der Waals surface area (Å²) in [5.41, 5.74) is 0.791. The zero-order valence-electron chi connectivity index (χ0n) is 12.6. The number of sulfonamides is 1. The molecular formula is C15H23ClN2O2S. The van der Waals surface area contributed by atoms with E-state index in [1.165, 1.54) is 4.31 Å². The summed E-state index contributed by atoms with van der Waals surface area (Å²) in [4.78, 5) is 0.279. The largest absolute Gasteiger partial charge is 0.313 e.